The quantitative estimate of drug-likeness (QED) is 0.379. The van der Waals surface area contributed by atoms with Gasteiger partial charge >= 0.3 is 0 Å². The van der Waals surface area contributed by atoms with Crippen LogP contribution in [0.3, 0.4) is 0 Å². The van der Waals surface area contributed by atoms with E-state index in [-0.39, 0.29) is 21.2 Å². The Kier molecular flexibility index (Phi) is 5.02. The maximum Gasteiger partial charge on any atom is 0.215 e. The summed E-state index contributed by atoms with van der Waals surface area (Å²) in [5.74, 6) is 1.31. The lowest BCUT2D eigenvalue weighted by Crippen LogP contribution is -2.13. The molecule has 8 heteroatoms. The minimum absolute atomic E-state index is 0.0253. The van der Waals surface area contributed by atoms with E-state index in [9.17, 15) is 0 Å². The van der Waals surface area contributed by atoms with Gasteiger partial charge in [-0.3, -0.25) is 0 Å². The summed E-state index contributed by atoms with van der Waals surface area (Å²) in [7, 11) is -0.0752. The Balaban J connectivity index is 1.16. The van der Waals surface area contributed by atoms with Crippen molar-refractivity contribution in [3.63, 3.8) is 0 Å². The zero-order chi connectivity index (χ0) is 19.6. The molecule has 1 fully saturated rings. The standard InChI is InChI=1S/C21H21N4O3P/c22-21-18-10-9-17(25(18)24-13-23-21)20-11-8-15(27-20)12-26-29-28-19-7-3-5-14-4-1-2-6-16(14)19/h1-7,9-10,13,15,20,29H,8,11-12H2,(H2,22,23,24). The predicted octanol–water partition coefficient (Wildman–Crippen LogP) is 4.29. The van der Waals surface area contributed by atoms with Crippen molar-refractivity contribution in [1.29, 1.82) is 0 Å². The average Bonchev–Trinajstić information content (AvgIpc) is 3.39. The minimum atomic E-state index is -0.0752. The Labute approximate surface area is 169 Å². The molecule has 29 heavy (non-hydrogen) atoms. The van der Waals surface area contributed by atoms with Crippen molar-refractivity contribution in [3.05, 3.63) is 66.6 Å². The lowest BCUT2D eigenvalue weighted by atomic mass is 10.1. The number of nitrogen functional groups attached to an aromatic ring is 1. The van der Waals surface area contributed by atoms with Crippen LogP contribution in [0.2, 0.25) is 0 Å². The number of hydrogen-bond acceptors (Lipinski definition) is 6. The van der Waals surface area contributed by atoms with Crippen LogP contribution >= 0.6 is 9.03 Å². The van der Waals surface area contributed by atoms with Gasteiger partial charge in [0.15, 0.2) is 5.82 Å². The monoisotopic (exact) mass is 408 g/mol. The van der Waals surface area contributed by atoms with Crippen LogP contribution in [0, 0.1) is 0 Å². The molecule has 0 radical (unpaired) electrons. The lowest BCUT2D eigenvalue weighted by molar-refractivity contribution is 0.0164. The van der Waals surface area contributed by atoms with E-state index < -0.39 is 0 Å². The van der Waals surface area contributed by atoms with Crippen LogP contribution in [0.4, 0.5) is 5.82 Å². The van der Waals surface area contributed by atoms with Crippen LogP contribution < -0.4 is 10.3 Å². The molecule has 0 aliphatic carbocycles. The molecule has 3 atom stereocenters. The summed E-state index contributed by atoms with van der Waals surface area (Å²) in [6, 6.07) is 18.1. The maximum atomic E-state index is 6.18. The molecule has 0 saturated carbocycles. The molecule has 0 amide bonds. The predicted molar refractivity (Wildman–Crippen MR) is 113 cm³/mol. The molecular weight excluding hydrogens is 387 g/mol. The number of ether oxygens (including phenoxy) is 1. The van der Waals surface area contributed by atoms with Gasteiger partial charge in [0.1, 0.15) is 23.7 Å². The molecule has 148 valence electrons. The maximum absolute atomic E-state index is 6.18. The lowest BCUT2D eigenvalue weighted by Gasteiger charge is -2.14. The van der Waals surface area contributed by atoms with E-state index in [0.29, 0.717) is 12.4 Å². The van der Waals surface area contributed by atoms with Crippen LogP contribution in [-0.4, -0.2) is 27.3 Å². The molecule has 0 bridgehead atoms. The van der Waals surface area contributed by atoms with E-state index in [2.05, 4.69) is 28.3 Å². The SMILES string of the molecule is Nc1ncnn2c(C3CCC(COPOc4cccc5ccccc45)O3)ccc12. The number of nitrogens with two attached hydrogens (primary N) is 1. The Bertz CT molecular complexity index is 1140. The fourth-order valence-electron chi connectivity index (χ4n) is 3.75. The van der Waals surface area contributed by atoms with E-state index in [0.717, 1.165) is 40.6 Å². The zero-order valence-electron chi connectivity index (χ0n) is 15.7. The molecule has 1 aliphatic rings. The molecule has 2 N–H and O–H groups in total. The summed E-state index contributed by atoms with van der Waals surface area (Å²) in [6.07, 6.45) is 3.32. The molecule has 3 unspecified atom stereocenters. The van der Waals surface area contributed by atoms with Crippen molar-refractivity contribution >= 4 is 31.1 Å². The van der Waals surface area contributed by atoms with Gasteiger partial charge in [-0.2, -0.15) is 5.10 Å². The Morgan fingerprint density at radius 3 is 2.97 bits per heavy atom. The van der Waals surface area contributed by atoms with E-state index in [1.165, 1.54) is 6.33 Å². The van der Waals surface area contributed by atoms with Crippen molar-refractivity contribution in [1.82, 2.24) is 14.6 Å². The van der Waals surface area contributed by atoms with Gasteiger partial charge in [0, 0.05) is 5.39 Å². The van der Waals surface area contributed by atoms with Gasteiger partial charge < -0.3 is 19.5 Å². The van der Waals surface area contributed by atoms with E-state index in [1.807, 2.05) is 40.9 Å². The number of fused-ring (bicyclic) bond motifs is 2. The minimum Gasteiger partial charge on any atom is -0.449 e. The second kappa shape index (κ2) is 7.95. The molecule has 1 saturated heterocycles. The summed E-state index contributed by atoms with van der Waals surface area (Å²) in [6.45, 7) is 0.500. The summed E-state index contributed by atoms with van der Waals surface area (Å²) in [5, 5.41) is 6.54. The van der Waals surface area contributed by atoms with E-state index in [4.69, 9.17) is 19.5 Å². The Morgan fingerprint density at radius 2 is 2.00 bits per heavy atom. The van der Waals surface area contributed by atoms with Gasteiger partial charge in [-0.15, -0.1) is 0 Å². The normalized spacial score (nSPS) is 19.6. The first kappa shape index (κ1) is 18.3. The molecular formula is C21H21N4O3P. The van der Waals surface area contributed by atoms with Gasteiger partial charge in [-0.05, 0) is 36.4 Å². The number of anilines is 1. The molecule has 2 aromatic heterocycles. The van der Waals surface area contributed by atoms with Crippen LogP contribution in [-0.2, 0) is 9.26 Å². The van der Waals surface area contributed by atoms with Crippen molar-refractivity contribution in [2.75, 3.05) is 12.3 Å². The summed E-state index contributed by atoms with van der Waals surface area (Å²) < 4.78 is 19.6. The molecule has 4 aromatic rings. The van der Waals surface area contributed by atoms with Crippen LogP contribution in [0.5, 0.6) is 5.75 Å². The van der Waals surface area contributed by atoms with Crippen molar-refractivity contribution in [2.24, 2.45) is 0 Å². The van der Waals surface area contributed by atoms with Crippen LogP contribution in [0.1, 0.15) is 24.6 Å². The summed E-state index contributed by atoms with van der Waals surface area (Å²) in [5.41, 5.74) is 7.71. The number of rotatable bonds is 6. The van der Waals surface area contributed by atoms with E-state index >= 15 is 0 Å². The molecule has 3 heterocycles. The third-order valence-corrected chi connectivity index (χ3v) is 5.77. The first-order valence-corrected chi connectivity index (χ1v) is 10.4. The van der Waals surface area contributed by atoms with Gasteiger partial charge in [-0.1, -0.05) is 36.4 Å². The number of hydrogen-bond donors (Lipinski definition) is 1. The number of nitrogens with zero attached hydrogens (tertiary/aromatic N) is 3. The van der Waals surface area contributed by atoms with Gasteiger partial charge in [0.25, 0.3) is 0 Å². The first-order valence-electron chi connectivity index (χ1n) is 9.54. The molecule has 2 aromatic carbocycles. The molecule has 7 nitrogen and oxygen atoms in total. The highest BCUT2D eigenvalue weighted by molar-refractivity contribution is 7.26. The van der Waals surface area contributed by atoms with Crippen molar-refractivity contribution in [2.45, 2.75) is 25.0 Å². The Morgan fingerprint density at radius 1 is 1.10 bits per heavy atom. The summed E-state index contributed by atoms with van der Waals surface area (Å²) in [4.78, 5) is 4.03. The van der Waals surface area contributed by atoms with Crippen molar-refractivity contribution in [3.8, 4) is 5.75 Å². The third-order valence-electron chi connectivity index (χ3n) is 5.18. The second-order valence-electron chi connectivity index (χ2n) is 7.00. The smallest absolute Gasteiger partial charge is 0.215 e. The number of benzene rings is 2. The largest absolute Gasteiger partial charge is 0.449 e. The van der Waals surface area contributed by atoms with E-state index in [1.54, 1.807) is 0 Å². The first-order chi connectivity index (χ1) is 14.3. The fraction of sp³-hybridized carbons (Fsp3) is 0.238. The third kappa shape index (κ3) is 3.65. The van der Waals surface area contributed by atoms with Gasteiger partial charge in [-0.25, -0.2) is 9.50 Å². The van der Waals surface area contributed by atoms with Crippen LogP contribution in [0.25, 0.3) is 16.3 Å². The summed E-state index contributed by atoms with van der Waals surface area (Å²) >= 11 is 0. The zero-order valence-corrected chi connectivity index (χ0v) is 16.7. The van der Waals surface area contributed by atoms with Gasteiger partial charge in [0.05, 0.1) is 18.4 Å². The molecule has 0 spiro atoms. The van der Waals surface area contributed by atoms with Crippen LogP contribution in [0.15, 0.2) is 60.9 Å². The highest BCUT2D eigenvalue weighted by atomic mass is 31.1. The molecule has 1 aliphatic heterocycles. The second-order valence-corrected chi connectivity index (χ2v) is 7.66. The number of aromatic nitrogens is 3. The van der Waals surface area contributed by atoms with Crippen molar-refractivity contribution < 1.29 is 13.8 Å². The fourth-order valence-corrected chi connectivity index (χ4v) is 4.33. The average molecular weight is 408 g/mol. The highest BCUT2D eigenvalue weighted by Gasteiger charge is 2.29. The highest BCUT2D eigenvalue weighted by Crippen LogP contribution is 2.35. The topological polar surface area (TPSA) is 83.9 Å². The van der Waals surface area contributed by atoms with Gasteiger partial charge in [0.2, 0.25) is 9.03 Å². The molecule has 5 rings (SSSR count). The Hall–Kier alpha value is -2.73.